The van der Waals surface area contributed by atoms with Crippen LogP contribution in [-0.2, 0) is 29.1 Å². The standard InChI is InChI=1S/C13H12F3N5O4S/c1-26(24,25)10-6-8(2-3-9(10)21(22)23)19-4-5-20-11(7-19)17-18-12(20)13(14,15)16/h2-3,6H,4-5,7H2,1H3. The van der Waals surface area contributed by atoms with Crippen LogP contribution in [0, 0.1) is 10.1 Å². The van der Waals surface area contributed by atoms with Gasteiger partial charge in [0.2, 0.25) is 5.82 Å². The van der Waals surface area contributed by atoms with Crippen molar-refractivity contribution < 1.29 is 26.5 Å². The van der Waals surface area contributed by atoms with E-state index in [2.05, 4.69) is 10.2 Å². The lowest BCUT2D eigenvalue weighted by atomic mass is 10.2. The van der Waals surface area contributed by atoms with Crippen LogP contribution in [-0.4, -0.2) is 40.9 Å². The SMILES string of the molecule is CS(=O)(=O)c1cc(N2CCn3c(nnc3C(F)(F)F)C2)ccc1[N+](=O)[O-]. The van der Waals surface area contributed by atoms with Crippen LogP contribution in [0.1, 0.15) is 11.6 Å². The molecule has 3 rings (SSSR count). The lowest BCUT2D eigenvalue weighted by molar-refractivity contribution is -0.387. The third kappa shape index (κ3) is 3.21. The molecule has 1 aromatic carbocycles. The molecule has 1 aromatic heterocycles. The highest BCUT2D eigenvalue weighted by Crippen LogP contribution is 2.32. The molecule has 0 spiro atoms. The van der Waals surface area contributed by atoms with Gasteiger partial charge >= 0.3 is 6.18 Å². The molecular weight excluding hydrogens is 379 g/mol. The van der Waals surface area contributed by atoms with Crippen LogP contribution >= 0.6 is 0 Å². The molecule has 0 bridgehead atoms. The molecule has 0 unspecified atom stereocenters. The summed E-state index contributed by atoms with van der Waals surface area (Å²) in [7, 11) is -3.87. The molecule has 2 aromatic rings. The summed E-state index contributed by atoms with van der Waals surface area (Å²) in [5.74, 6) is -1.02. The smallest absolute Gasteiger partial charge is 0.362 e. The van der Waals surface area contributed by atoms with Gasteiger partial charge in [-0.3, -0.25) is 10.1 Å². The van der Waals surface area contributed by atoms with Crippen molar-refractivity contribution in [1.29, 1.82) is 0 Å². The highest BCUT2D eigenvalue weighted by Gasteiger charge is 2.39. The Hall–Kier alpha value is -2.70. The van der Waals surface area contributed by atoms with Crippen LogP contribution < -0.4 is 4.90 Å². The molecule has 0 atom stereocenters. The maximum atomic E-state index is 12.9. The number of aromatic nitrogens is 3. The van der Waals surface area contributed by atoms with Crippen LogP contribution in [0.2, 0.25) is 0 Å². The van der Waals surface area contributed by atoms with Gasteiger partial charge in [-0.25, -0.2) is 8.42 Å². The van der Waals surface area contributed by atoms with Crippen molar-refractivity contribution in [3.05, 3.63) is 40.0 Å². The minimum absolute atomic E-state index is 0.0376. The van der Waals surface area contributed by atoms with Crippen molar-refractivity contribution in [2.45, 2.75) is 24.2 Å². The number of hydrogen-bond donors (Lipinski definition) is 0. The minimum Gasteiger partial charge on any atom is -0.362 e. The average Bonchev–Trinajstić information content (AvgIpc) is 2.96. The zero-order chi connectivity index (χ0) is 19.3. The predicted octanol–water partition coefficient (Wildman–Crippen LogP) is 1.63. The highest BCUT2D eigenvalue weighted by molar-refractivity contribution is 7.90. The van der Waals surface area contributed by atoms with Crippen LogP contribution in [0.25, 0.3) is 0 Å². The van der Waals surface area contributed by atoms with Gasteiger partial charge in [0, 0.05) is 31.1 Å². The Labute approximate surface area is 145 Å². The molecule has 13 heteroatoms. The number of hydrogen-bond acceptors (Lipinski definition) is 7. The van der Waals surface area contributed by atoms with E-state index in [-0.39, 0.29) is 25.5 Å². The van der Waals surface area contributed by atoms with Gasteiger partial charge in [0.15, 0.2) is 15.7 Å². The molecule has 140 valence electrons. The molecule has 9 nitrogen and oxygen atoms in total. The van der Waals surface area contributed by atoms with Crippen molar-refractivity contribution in [3.63, 3.8) is 0 Å². The predicted molar refractivity (Wildman–Crippen MR) is 82.3 cm³/mol. The number of nitro benzene ring substituents is 1. The number of sulfone groups is 1. The number of nitro groups is 1. The largest absolute Gasteiger partial charge is 0.451 e. The summed E-state index contributed by atoms with van der Waals surface area (Å²) in [6.45, 7) is 0.0433. The first-order chi connectivity index (χ1) is 12.0. The van der Waals surface area contributed by atoms with Crippen molar-refractivity contribution in [3.8, 4) is 0 Å². The molecule has 0 N–H and O–H groups in total. The number of rotatable bonds is 3. The summed E-state index contributed by atoms with van der Waals surface area (Å²) in [5, 5.41) is 17.7. The lowest BCUT2D eigenvalue weighted by Crippen LogP contribution is -2.35. The molecule has 0 saturated carbocycles. The van der Waals surface area contributed by atoms with Crippen molar-refractivity contribution >= 4 is 21.2 Å². The van der Waals surface area contributed by atoms with Gasteiger partial charge < -0.3 is 9.47 Å². The summed E-state index contributed by atoms with van der Waals surface area (Å²) < 4.78 is 63.2. The molecule has 0 fully saturated rings. The number of halogens is 3. The molecule has 0 saturated heterocycles. The van der Waals surface area contributed by atoms with Crippen molar-refractivity contribution in [1.82, 2.24) is 14.8 Å². The average molecular weight is 391 g/mol. The molecule has 2 heterocycles. The third-order valence-corrected chi connectivity index (χ3v) is 5.04. The Kier molecular flexibility index (Phi) is 4.13. The van der Waals surface area contributed by atoms with Crippen LogP contribution in [0.3, 0.4) is 0 Å². The van der Waals surface area contributed by atoms with Gasteiger partial charge in [0.1, 0.15) is 4.90 Å². The van der Waals surface area contributed by atoms with Crippen LogP contribution in [0.15, 0.2) is 23.1 Å². The van der Waals surface area contributed by atoms with E-state index in [1.54, 1.807) is 4.90 Å². The van der Waals surface area contributed by atoms with E-state index >= 15 is 0 Å². The Balaban J connectivity index is 1.97. The van der Waals surface area contributed by atoms with Gasteiger partial charge in [-0.1, -0.05) is 0 Å². The van der Waals surface area contributed by atoms with E-state index in [4.69, 9.17) is 0 Å². The lowest BCUT2D eigenvalue weighted by Gasteiger charge is -2.30. The summed E-state index contributed by atoms with van der Waals surface area (Å²) in [6, 6.07) is 3.56. The molecule has 0 radical (unpaired) electrons. The number of alkyl halides is 3. The monoisotopic (exact) mass is 391 g/mol. The maximum absolute atomic E-state index is 12.9. The summed E-state index contributed by atoms with van der Waals surface area (Å²) in [4.78, 5) is 11.3. The van der Waals surface area contributed by atoms with E-state index in [0.717, 1.165) is 23.0 Å². The van der Waals surface area contributed by atoms with Gasteiger partial charge in [-0.05, 0) is 12.1 Å². The number of benzene rings is 1. The highest BCUT2D eigenvalue weighted by atomic mass is 32.2. The number of fused-ring (bicyclic) bond motifs is 1. The number of anilines is 1. The maximum Gasteiger partial charge on any atom is 0.451 e. The van der Waals surface area contributed by atoms with E-state index in [9.17, 15) is 31.7 Å². The molecule has 0 amide bonds. The Morgan fingerprint density at radius 3 is 2.50 bits per heavy atom. The topological polar surface area (TPSA) is 111 Å². The van der Waals surface area contributed by atoms with E-state index < -0.39 is 37.3 Å². The second-order valence-electron chi connectivity index (χ2n) is 5.69. The van der Waals surface area contributed by atoms with Crippen molar-refractivity contribution in [2.24, 2.45) is 0 Å². The fourth-order valence-corrected chi connectivity index (χ4v) is 3.59. The van der Waals surface area contributed by atoms with Crippen molar-refractivity contribution in [2.75, 3.05) is 17.7 Å². The molecule has 1 aliphatic heterocycles. The Morgan fingerprint density at radius 2 is 1.92 bits per heavy atom. The first-order valence-electron chi connectivity index (χ1n) is 7.21. The quantitative estimate of drug-likeness (QED) is 0.577. The Bertz CT molecular complexity index is 986. The molecular formula is C13H12F3N5O4S. The summed E-state index contributed by atoms with van der Waals surface area (Å²) in [6.07, 6.45) is -3.77. The van der Waals surface area contributed by atoms with Crippen LogP contribution in [0.4, 0.5) is 24.5 Å². The molecule has 0 aliphatic carbocycles. The Morgan fingerprint density at radius 1 is 1.23 bits per heavy atom. The second kappa shape index (κ2) is 5.93. The first-order valence-corrected chi connectivity index (χ1v) is 9.10. The fraction of sp³-hybridized carbons (Fsp3) is 0.385. The minimum atomic E-state index is -4.62. The fourth-order valence-electron chi connectivity index (χ4n) is 2.74. The first kappa shape index (κ1) is 18.1. The van der Waals surface area contributed by atoms with E-state index in [1.165, 1.54) is 6.07 Å². The van der Waals surface area contributed by atoms with E-state index in [1.807, 2.05) is 0 Å². The van der Waals surface area contributed by atoms with Gasteiger partial charge in [0.05, 0.1) is 11.5 Å². The zero-order valence-corrected chi connectivity index (χ0v) is 14.1. The van der Waals surface area contributed by atoms with Gasteiger partial charge in [-0.15, -0.1) is 10.2 Å². The zero-order valence-electron chi connectivity index (χ0n) is 13.3. The third-order valence-electron chi connectivity index (χ3n) is 3.91. The second-order valence-corrected chi connectivity index (χ2v) is 7.68. The van der Waals surface area contributed by atoms with E-state index in [0.29, 0.717) is 5.69 Å². The molecule has 26 heavy (non-hydrogen) atoms. The summed E-state index contributed by atoms with van der Waals surface area (Å²) >= 11 is 0. The summed E-state index contributed by atoms with van der Waals surface area (Å²) in [5.41, 5.74) is -0.227. The van der Waals surface area contributed by atoms with Gasteiger partial charge in [-0.2, -0.15) is 13.2 Å². The number of nitrogens with zero attached hydrogens (tertiary/aromatic N) is 5. The molecule has 1 aliphatic rings. The van der Waals surface area contributed by atoms with Gasteiger partial charge in [0.25, 0.3) is 5.69 Å². The van der Waals surface area contributed by atoms with Crippen LogP contribution in [0.5, 0.6) is 0 Å². The normalized spacial score (nSPS) is 15.0.